The van der Waals surface area contributed by atoms with Gasteiger partial charge in [-0.3, -0.25) is 10.0 Å². The van der Waals surface area contributed by atoms with Crippen LogP contribution in [0.25, 0.3) is 10.9 Å². The molecule has 3 amide bonds. The maximum atomic E-state index is 12.7. The molecule has 1 aromatic heterocycles. The van der Waals surface area contributed by atoms with E-state index in [4.69, 9.17) is 5.21 Å². The molecule has 2 N–H and O–H groups in total. The summed E-state index contributed by atoms with van der Waals surface area (Å²) < 4.78 is 2.21. The second-order valence-corrected chi connectivity index (χ2v) is 8.15. The van der Waals surface area contributed by atoms with E-state index in [9.17, 15) is 14.4 Å². The van der Waals surface area contributed by atoms with Gasteiger partial charge in [0.1, 0.15) is 5.54 Å². The number of amides is 3. The van der Waals surface area contributed by atoms with Gasteiger partial charge in [-0.1, -0.05) is 30.3 Å². The Labute approximate surface area is 178 Å². The van der Waals surface area contributed by atoms with Crippen LogP contribution in [0.15, 0.2) is 48.5 Å². The summed E-state index contributed by atoms with van der Waals surface area (Å²) in [7, 11) is 1.73. The SMILES string of the molecule is CN1CC2(C=O)c3c(n(Cc4ccc(C(=O)NO)cc4)c4ccccc34)CCN2C1=O. The van der Waals surface area contributed by atoms with E-state index in [1.54, 1.807) is 34.5 Å². The molecule has 3 heterocycles. The minimum atomic E-state index is -0.979. The minimum Gasteiger partial charge on any atom is -0.340 e. The second-order valence-electron chi connectivity index (χ2n) is 8.15. The van der Waals surface area contributed by atoms with Crippen LogP contribution < -0.4 is 5.48 Å². The number of likely N-dealkylation sites (N-methyl/N-ethyl adjacent to an activating group) is 1. The summed E-state index contributed by atoms with van der Waals surface area (Å²) in [5, 5.41) is 9.79. The van der Waals surface area contributed by atoms with Crippen LogP contribution in [0.4, 0.5) is 4.79 Å². The highest BCUT2D eigenvalue weighted by molar-refractivity contribution is 5.96. The van der Waals surface area contributed by atoms with Crippen LogP contribution in [0.1, 0.15) is 27.2 Å². The fraction of sp³-hybridized carbons (Fsp3) is 0.261. The zero-order valence-electron chi connectivity index (χ0n) is 17.0. The van der Waals surface area contributed by atoms with Crippen LogP contribution >= 0.6 is 0 Å². The standard InChI is InChI=1S/C23H22N4O4/c1-25-13-23(14-28)20-17-4-2-3-5-18(17)26(19(20)10-11-27(23)22(25)30)12-15-6-8-16(9-7-15)21(29)24-31/h2-9,14,31H,10-13H2,1H3,(H,24,29). The summed E-state index contributed by atoms with van der Waals surface area (Å²) >= 11 is 0. The molecule has 1 fully saturated rings. The quantitative estimate of drug-likeness (QED) is 0.386. The number of nitrogens with zero attached hydrogens (tertiary/aromatic N) is 3. The Hall–Kier alpha value is -3.65. The molecular weight excluding hydrogens is 396 g/mol. The lowest BCUT2D eigenvalue weighted by Gasteiger charge is -2.37. The highest BCUT2D eigenvalue weighted by Gasteiger charge is 2.54. The summed E-state index contributed by atoms with van der Waals surface area (Å²) in [6.45, 7) is 1.39. The molecule has 0 spiro atoms. The second kappa shape index (κ2) is 6.95. The zero-order valence-corrected chi connectivity index (χ0v) is 17.0. The number of fused-ring (bicyclic) bond motifs is 5. The average Bonchev–Trinajstić information content (AvgIpc) is 3.26. The smallest absolute Gasteiger partial charge is 0.321 e. The number of hydroxylamine groups is 1. The van der Waals surface area contributed by atoms with E-state index in [1.807, 2.05) is 36.4 Å². The molecule has 3 aromatic rings. The van der Waals surface area contributed by atoms with Gasteiger partial charge >= 0.3 is 6.03 Å². The fourth-order valence-electron chi connectivity index (χ4n) is 5.07. The highest BCUT2D eigenvalue weighted by atomic mass is 16.5. The molecule has 1 atom stereocenters. The van der Waals surface area contributed by atoms with Crippen molar-refractivity contribution in [1.29, 1.82) is 0 Å². The average molecular weight is 418 g/mol. The van der Waals surface area contributed by atoms with Gasteiger partial charge in [0, 0.05) is 54.3 Å². The van der Waals surface area contributed by atoms with E-state index in [2.05, 4.69) is 4.57 Å². The molecule has 5 rings (SSSR count). The fourth-order valence-corrected chi connectivity index (χ4v) is 5.07. The van der Waals surface area contributed by atoms with Crippen molar-refractivity contribution in [3.63, 3.8) is 0 Å². The van der Waals surface area contributed by atoms with Gasteiger partial charge in [-0.15, -0.1) is 0 Å². The number of rotatable bonds is 4. The van der Waals surface area contributed by atoms with E-state index in [-0.39, 0.29) is 6.03 Å². The first-order chi connectivity index (χ1) is 15.0. The van der Waals surface area contributed by atoms with E-state index in [0.717, 1.165) is 34.0 Å². The van der Waals surface area contributed by atoms with Crippen molar-refractivity contribution in [2.45, 2.75) is 18.5 Å². The molecule has 0 radical (unpaired) electrons. The van der Waals surface area contributed by atoms with Gasteiger partial charge < -0.3 is 19.2 Å². The number of carbonyl (C=O) groups is 3. The number of nitrogens with one attached hydrogen (secondary N) is 1. The molecule has 8 heteroatoms. The maximum Gasteiger partial charge on any atom is 0.321 e. The first-order valence-electron chi connectivity index (χ1n) is 10.1. The lowest BCUT2D eigenvalue weighted by atomic mass is 9.84. The van der Waals surface area contributed by atoms with E-state index < -0.39 is 11.4 Å². The number of para-hydroxylation sites is 1. The number of hydrogen-bond acceptors (Lipinski definition) is 4. The van der Waals surface area contributed by atoms with Crippen LogP contribution in [0.2, 0.25) is 0 Å². The van der Waals surface area contributed by atoms with E-state index >= 15 is 0 Å². The number of aromatic nitrogens is 1. The number of carbonyl (C=O) groups excluding carboxylic acids is 3. The lowest BCUT2D eigenvalue weighted by molar-refractivity contribution is -0.116. The van der Waals surface area contributed by atoms with Crippen LogP contribution in [0, 0.1) is 0 Å². The van der Waals surface area contributed by atoms with Crippen molar-refractivity contribution in [3.8, 4) is 0 Å². The van der Waals surface area contributed by atoms with Gasteiger partial charge in [0.2, 0.25) is 0 Å². The van der Waals surface area contributed by atoms with Crippen LogP contribution in [0.5, 0.6) is 0 Å². The monoisotopic (exact) mass is 418 g/mol. The molecule has 158 valence electrons. The van der Waals surface area contributed by atoms with Crippen molar-refractivity contribution in [2.24, 2.45) is 0 Å². The van der Waals surface area contributed by atoms with Crippen molar-refractivity contribution in [1.82, 2.24) is 19.8 Å². The van der Waals surface area contributed by atoms with Crippen molar-refractivity contribution >= 4 is 29.1 Å². The molecule has 0 bridgehead atoms. The molecule has 0 saturated carbocycles. The van der Waals surface area contributed by atoms with E-state index in [0.29, 0.717) is 31.6 Å². The molecule has 1 saturated heterocycles. The molecule has 2 aromatic carbocycles. The van der Waals surface area contributed by atoms with Gasteiger partial charge in [-0.2, -0.15) is 0 Å². The third-order valence-electron chi connectivity index (χ3n) is 6.45. The Balaban J connectivity index is 1.65. The third kappa shape index (κ3) is 2.68. The summed E-state index contributed by atoms with van der Waals surface area (Å²) in [6, 6.07) is 14.9. The first-order valence-corrected chi connectivity index (χ1v) is 10.1. The van der Waals surface area contributed by atoms with Crippen molar-refractivity contribution in [2.75, 3.05) is 20.1 Å². The maximum absolute atomic E-state index is 12.7. The minimum absolute atomic E-state index is 0.118. The molecule has 2 aliphatic heterocycles. The normalized spacial score (nSPS) is 20.0. The number of aldehydes is 1. The highest BCUT2D eigenvalue weighted by Crippen LogP contribution is 2.44. The van der Waals surface area contributed by atoms with Gasteiger partial charge in [0.15, 0.2) is 6.29 Å². The molecule has 2 aliphatic rings. The Morgan fingerprint density at radius 1 is 1.19 bits per heavy atom. The van der Waals surface area contributed by atoms with Crippen molar-refractivity contribution in [3.05, 3.63) is 70.9 Å². The Bertz CT molecular complexity index is 1220. The zero-order chi connectivity index (χ0) is 21.8. The summed E-state index contributed by atoms with van der Waals surface area (Å²) in [5.74, 6) is -0.557. The third-order valence-corrected chi connectivity index (χ3v) is 6.45. The molecule has 8 nitrogen and oxygen atoms in total. The Morgan fingerprint density at radius 2 is 1.94 bits per heavy atom. The first kappa shape index (κ1) is 19.3. The number of urea groups is 1. The van der Waals surface area contributed by atoms with Crippen LogP contribution in [0.3, 0.4) is 0 Å². The number of hydrogen-bond donors (Lipinski definition) is 2. The summed E-state index contributed by atoms with van der Waals surface area (Å²) in [5.41, 5.74) is 5.00. The van der Waals surface area contributed by atoms with Crippen LogP contribution in [-0.2, 0) is 23.3 Å². The molecule has 31 heavy (non-hydrogen) atoms. The molecular formula is C23H22N4O4. The van der Waals surface area contributed by atoms with Gasteiger partial charge in [-0.05, 0) is 23.8 Å². The van der Waals surface area contributed by atoms with E-state index in [1.165, 1.54) is 0 Å². The largest absolute Gasteiger partial charge is 0.340 e. The summed E-state index contributed by atoms with van der Waals surface area (Å²) in [6.07, 6.45) is 1.58. The Kier molecular flexibility index (Phi) is 4.33. The lowest BCUT2D eigenvalue weighted by Crippen LogP contribution is -2.50. The Morgan fingerprint density at radius 3 is 2.65 bits per heavy atom. The van der Waals surface area contributed by atoms with Gasteiger partial charge in [0.25, 0.3) is 5.91 Å². The van der Waals surface area contributed by atoms with Gasteiger partial charge in [0.05, 0.1) is 6.54 Å². The van der Waals surface area contributed by atoms with Gasteiger partial charge in [-0.25, -0.2) is 10.3 Å². The predicted molar refractivity (Wildman–Crippen MR) is 113 cm³/mol. The predicted octanol–water partition coefficient (Wildman–Crippen LogP) is 2.13. The number of benzene rings is 2. The van der Waals surface area contributed by atoms with Crippen molar-refractivity contribution < 1.29 is 19.6 Å². The summed E-state index contributed by atoms with van der Waals surface area (Å²) in [4.78, 5) is 40.1. The molecule has 0 aliphatic carbocycles. The van der Waals surface area contributed by atoms with Crippen LogP contribution in [-0.4, -0.2) is 57.9 Å². The topological polar surface area (TPSA) is 94.9 Å². The molecule has 1 unspecified atom stereocenters.